The minimum atomic E-state index is -0.550. The van der Waals surface area contributed by atoms with Crippen molar-refractivity contribution in [3.63, 3.8) is 0 Å². The van der Waals surface area contributed by atoms with Gasteiger partial charge >= 0.3 is 13.2 Å². The highest BCUT2D eigenvalue weighted by molar-refractivity contribution is 6.63. The van der Waals surface area contributed by atoms with Crippen molar-refractivity contribution in [2.24, 2.45) is 0 Å². The molecular weight excluding hydrogens is 455 g/mol. The van der Waals surface area contributed by atoms with Gasteiger partial charge in [0.25, 0.3) is 5.56 Å². The Morgan fingerprint density at radius 3 is 2.26 bits per heavy atom. The first-order valence-corrected chi connectivity index (χ1v) is 12.2. The molecule has 1 aromatic carbocycles. The first-order valence-electron chi connectivity index (χ1n) is 11.9. The van der Waals surface area contributed by atoms with Gasteiger partial charge in [-0.3, -0.25) is 4.79 Å². The van der Waals surface area contributed by atoms with Crippen LogP contribution < -0.4 is 11.0 Å². The van der Waals surface area contributed by atoms with Crippen LogP contribution >= 0.6 is 11.6 Å². The summed E-state index contributed by atoms with van der Waals surface area (Å²) in [5.74, 6) is 0. The van der Waals surface area contributed by atoms with Crippen molar-refractivity contribution in [2.45, 2.75) is 84.2 Å². The lowest BCUT2D eigenvalue weighted by Gasteiger charge is -2.34. The summed E-state index contributed by atoms with van der Waals surface area (Å²) in [6, 6.07) is 5.59. The predicted octanol–water partition coefficient (Wildman–Crippen LogP) is 4.53. The van der Waals surface area contributed by atoms with E-state index in [1.54, 1.807) is 15.5 Å². The van der Waals surface area contributed by atoms with Crippen molar-refractivity contribution in [2.75, 3.05) is 13.1 Å². The van der Waals surface area contributed by atoms with E-state index in [1.165, 1.54) is 0 Å². The molecule has 2 saturated heterocycles. The van der Waals surface area contributed by atoms with Gasteiger partial charge in [-0.25, -0.2) is 4.79 Å². The zero-order valence-electron chi connectivity index (χ0n) is 21.1. The second-order valence-electron chi connectivity index (χ2n) is 11.3. The number of halogens is 1. The average molecular weight is 489 g/mol. The number of likely N-dealkylation sites (tertiary alicyclic amines) is 1. The van der Waals surface area contributed by atoms with Crippen LogP contribution in [0.25, 0.3) is 10.8 Å². The van der Waals surface area contributed by atoms with Gasteiger partial charge in [0.15, 0.2) is 0 Å². The maximum atomic E-state index is 13.4. The van der Waals surface area contributed by atoms with E-state index in [9.17, 15) is 9.59 Å². The van der Waals surface area contributed by atoms with Crippen LogP contribution in [0.15, 0.2) is 29.2 Å². The van der Waals surface area contributed by atoms with E-state index in [4.69, 9.17) is 25.6 Å². The van der Waals surface area contributed by atoms with E-state index in [2.05, 4.69) is 0 Å². The molecule has 2 aliphatic rings. The number of hydrogen-bond acceptors (Lipinski definition) is 5. The van der Waals surface area contributed by atoms with E-state index in [1.807, 2.05) is 66.8 Å². The topological polar surface area (TPSA) is 70.0 Å². The first kappa shape index (κ1) is 25.1. The predicted molar refractivity (Wildman–Crippen MR) is 135 cm³/mol. The van der Waals surface area contributed by atoms with Crippen molar-refractivity contribution in [3.8, 4) is 0 Å². The monoisotopic (exact) mass is 488 g/mol. The van der Waals surface area contributed by atoms with Crippen LogP contribution in [0.1, 0.15) is 67.3 Å². The Bertz CT molecular complexity index is 1150. The number of benzene rings is 1. The summed E-state index contributed by atoms with van der Waals surface area (Å²) in [7, 11) is -0.550. The highest BCUT2D eigenvalue weighted by Crippen LogP contribution is 2.37. The maximum absolute atomic E-state index is 13.4. The average Bonchev–Trinajstić information content (AvgIpc) is 2.94. The van der Waals surface area contributed by atoms with Crippen LogP contribution in [0.4, 0.5) is 4.79 Å². The molecule has 1 amide bonds. The van der Waals surface area contributed by atoms with E-state index in [0.29, 0.717) is 36.3 Å². The number of rotatable bonds is 2. The minimum absolute atomic E-state index is 0.00516. The van der Waals surface area contributed by atoms with Crippen molar-refractivity contribution >= 4 is 41.0 Å². The molecule has 2 fully saturated rings. The third-order valence-corrected chi connectivity index (χ3v) is 7.34. The van der Waals surface area contributed by atoms with Crippen LogP contribution in [0.5, 0.6) is 0 Å². The van der Waals surface area contributed by atoms with Crippen molar-refractivity contribution < 1.29 is 18.8 Å². The van der Waals surface area contributed by atoms with Gasteiger partial charge in [0.2, 0.25) is 0 Å². The molecule has 4 rings (SSSR count). The molecule has 2 aliphatic heterocycles. The Kier molecular flexibility index (Phi) is 6.32. The molecule has 34 heavy (non-hydrogen) atoms. The maximum Gasteiger partial charge on any atom is 0.494 e. The number of pyridine rings is 1. The fourth-order valence-electron chi connectivity index (χ4n) is 4.42. The third kappa shape index (κ3) is 4.73. The molecule has 0 aliphatic carbocycles. The highest BCUT2D eigenvalue weighted by atomic mass is 35.5. The number of ether oxygens (including phenoxy) is 1. The number of fused-ring (bicyclic) bond motifs is 1. The molecule has 9 heteroatoms. The number of hydrogen-bond donors (Lipinski definition) is 0. The Morgan fingerprint density at radius 1 is 1.12 bits per heavy atom. The van der Waals surface area contributed by atoms with Crippen LogP contribution in [-0.2, 0) is 14.0 Å². The summed E-state index contributed by atoms with van der Waals surface area (Å²) in [4.78, 5) is 27.5. The number of nitrogens with zero attached hydrogens (tertiary/aromatic N) is 2. The summed E-state index contributed by atoms with van der Waals surface area (Å²) in [6.45, 7) is 14.7. The summed E-state index contributed by atoms with van der Waals surface area (Å²) >= 11 is 6.63. The second kappa shape index (κ2) is 8.57. The largest absolute Gasteiger partial charge is 0.494 e. The van der Waals surface area contributed by atoms with Gasteiger partial charge in [-0.2, -0.15) is 0 Å². The summed E-state index contributed by atoms with van der Waals surface area (Å²) in [6.07, 6.45) is 2.86. The minimum Gasteiger partial charge on any atom is -0.444 e. The van der Waals surface area contributed by atoms with Gasteiger partial charge in [0, 0.05) is 25.3 Å². The lowest BCUT2D eigenvalue weighted by Crippen LogP contribution is -2.43. The molecule has 0 spiro atoms. The van der Waals surface area contributed by atoms with Crippen molar-refractivity contribution in [3.05, 3.63) is 39.8 Å². The number of piperidine rings is 1. The van der Waals surface area contributed by atoms with Crippen LogP contribution in [0.3, 0.4) is 0 Å². The van der Waals surface area contributed by atoms with Gasteiger partial charge in [-0.05, 0) is 84.3 Å². The van der Waals surface area contributed by atoms with E-state index < -0.39 is 23.9 Å². The molecule has 0 unspecified atom stereocenters. The van der Waals surface area contributed by atoms with Crippen LogP contribution in [0.2, 0.25) is 5.02 Å². The molecular formula is C25H34BClN2O5. The molecule has 0 bridgehead atoms. The Hall–Kier alpha value is -2.03. The van der Waals surface area contributed by atoms with Crippen LogP contribution in [-0.4, -0.2) is 52.6 Å². The molecule has 0 N–H and O–H groups in total. The first-order chi connectivity index (χ1) is 15.7. The Labute approximate surface area is 206 Å². The van der Waals surface area contributed by atoms with Gasteiger partial charge in [-0.15, -0.1) is 0 Å². The summed E-state index contributed by atoms with van der Waals surface area (Å²) < 4.78 is 19.5. The second-order valence-corrected chi connectivity index (χ2v) is 11.7. The van der Waals surface area contributed by atoms with Crippen molar-refractivity contribution in [1.82, 2.24) is 9.47 Å². The Balaban J connectivity index is 1.55. The normalized spacial score (nSPS) is 20.7. The third-order valence-electron chi connectivity index (χ3n) is 7.04. The fraction of sp³-hybridized carbons (Fsp3) is 0.600. The SMILES string of the molecule is CC(C)(C)OC(=O)N1CCC(n2ccc3cc(B4OC(C)(C)C(C)(C)O4)cc(Cl)c3c2=O)CC1. The van der Waals surface area contributed by atoms with Gasteiger partial charge in [-0.1, -0.05) is 17.7 Å². The summed E-state index contributed by atoms with van der Waals surface area (Å²) in [5, 5.41) is 1.62. The van der Waals surface area contributed by atoms with Gasteiger partial charge in [0.05, 0.1) is 21.6 Å². The lowest BCUT2D eigenvalue weighted by molar-refractivity contribution is 0.00578. The van der Waals surface area contributed by atoms with E-state index in [-0.39, 0.29) is 17.7 Å². The molecule has 184 valence electrons. The molecule has 0 atom stereocenters. The molecule has 0 saturated carbocycles. The molecule has 2 aromatic rings. The lowest BCUT2D eigenvalue weighted by atomic mass is 9.78. The quantitative estimate of drug-likeness (QED) is 0.581. The zero-order valence-corrected chi connectivity index (χ0v) is 21.9. The standard InChI is InChI=1S/C25H34BClN2O5/c1-23(2,3)32-22(31)28-11-9-18(10-12-28)29-13-8-16-14-17(15-19(27)20(16)21(29)30)26-33-24(4,5)25(6,7)34-26/h8,13-15,18H,9-12H2,1-7H3. The molecule has 1 aromatic heterocycles. The Morgan fingerprint density at radius 2 is 1.71 bits per heavy atom. The number of aromatic nitrogens is 1. The molecule has 3 heterocycles. The fourth-order valence-corrected chi connectivity index (χ4v) is 4.74. The summed E-state index contributed by atoms with van der Waals surface area (Å²) in [5.41, 5.74) is -0.788. The molecule has 0 radical (unpaired) electrons. The molecule has 7 nitrogen and oxygen atoms in total. The van der Waals surface area contributed by atoms with Gasteiger partial charge in [0.1, 0.15) is 5.60 Å². The van der Waals surface area contributed by atoms with Crippen LogP contribution in [0, 0.1) is 0 Å². The van der Waals surface area contributed by atoms with E-state index in [0.717, 1.165) is 10.8 Å². The van der Waals surface area contributed by atoms with Crippen molar-refractivity contribution in [1.29, 1.82) is 0 Å². The number of carbonyl (C=O) groups excluding carboxylic acids is 1. The zero-order chi connectivity index (χ0) is 25.1. The number of carbonyl (C=O) groups is 1. The van der Waals surface area contributed by atoms with E-state index >= 15 is 0 Å². The highest BCUT2D eigenvalue weighted by Gasteiger charge is 2.51. The number of amides is 1. The van der Waals surface area contributed by atoms with Gasteiger partial charge < -0.3 is 23.5 Å². The smallest absolute Gasteiger partial charge is 0.444 e.